The Labute approximate surface area is 223 Å². The number of anilines is 4. The lowest BCUT2D eigenvalue weighted by molar-refractivity contribution is -0.137. The number of halogens is 3. The molecule has 202 valence electrons. The van der Waals surface area contributed by atoms with Crippen LogP contribution in [-0.4, -0.2) is 40.7 Å². The zero-order valence-corrected chi connectivity index (χ0v) is 21.4. The van der Waals surface area contributed by atoms with E-state index in [9.17, 15) is 27.9 Å². The van der Waals surface area contributed by atoms with Gasteiger partial charge in [-0.2, -0.15) is 13.2 Å². The number of imidazole rings is 1. The van der Waals surface area contributed by atoms with Crippen LogP contribution < -0.4 is 14.7 Å². The number of carbonyl (C=O) groups excluding carboxylic acids is 2. The number of imide groups is 1. The molecule has 3 amide bonds. The number of nitrogens with zero attached hydrogens (tertiary/aromatic N) is 5. The van der Waals surface area contributed by atoms with Crippen molar-refractivity contribution in [1.82, 2.24) is 9.55 Å². The summed E-state index contributed by atoms with van der Waals surface area (Å²) in [5.74, 6) is -0.106. The number of phenolic OH excluding ortho intramolecular Hbond substituents is 1. The number of urea groups is 1. The Morgan fingerprint density at radius 3 is 2.33 bits per heavy atom. The Morgan fingerprint density at radius 2 is 1.74 bits per heavy atom. The van der Waals surface area contributed by atoms with Crippen LogP contribution in [-0.2, 0) is 18.0 Å². The monoisotopic (exact) mass is 537 g/mol. The van der Waals surface area contributed by atoms with Crippen molar-refractivity contribution in [2.75, 3.05) is 28.3 Å². The van der Waals surface area contributed by atoms with E-state index in [-0.39, 0.29) is 29.2 Å². The molecule has 0 aliphatic rings. The van der Waals surface area contributed by atoms with E-state index in [1.165, 1.54) is 36.8 Å². The Balaban J connectivity index is 1.91. The SMILES string of the molecule is CCN(C)c1ccc(C(F)(F)F)cc1N(C(=O)N(C=O)c1ccc(O)c(-c2cncn2C)c1)c1ccccc1. The number of aromatic nitrogens is 2. The second-order valence-corrected chi connectivity index (χ2v) is 8.74. The molecule has 8 nitrogen and oxygen atoms in total. The zero-order valence-electron chi connectivity index (χ0n) is 21.4. The maximum absolute atomic E-state index is 14.1. The van der Waals surface area contributed by atoms with Gasteiger partial charge >= 0.3 is 12.2 Å². The first kappa shape index (κ1) is 27.2. The number of rotatable bonds is 7. The molecule has 0 bridgehead atoms. The molecule has 0 spiro atoms. The number of para-hydroxylation sites is 1. The third kappa shape index (κ3) is 5.42. The van der Waals surface area contributed by atoms with E-state index in [0.29, 0.717) is 23.5 Å². The molecule has 4 aromatic rings. The number of hydrogen-bond acceptors (Lipinski definition) is 5. The van der Waals surface area contributed by atoms with Crippen LogP contribution in [0.1, 0.15) is 12.5 Å². The van der Waals surface area contributed by atoms with Gasteiger partial charge in [0.05, 0.1) is 46.5 Å². The Hall–Kier alpha value is -4.80. The molecular formula is C28H26F3N5O3. The molecule has 0 radical (unpaired) electrons. The van der Waals surface area contributed by atoms with Crippen LogP contribution in [0.25, 0.3) is 11.3 Å². The first-order valence-electron chi connectivity index (χ1n) is 11.9. The molecule has 1 heterocycles. The normalized spacial score (nSPS) is 11.2. The second-order valence-electron chi connectivity index (χ2n) is 8.74. The molecule has 0 saturated heterocycles. The molecule has 3 aromatic carbocycles. The highest BCUT2D eigenvalue weighted by Gasteiger charge is 2.34. The third-order valence-electron chi connectivity index (χ3n) is 6.30. The van der Waals surface area contributed by atoms with Crippen molar-refractivity contribution < 1.29 is 27.9 Å². The molecule has 1 aromatic heterocycles. The number of phenols is 1. The summed E-state index contributed by atoms with van der Waals surface area (Å²) in [7, 11) is 3.41. The zero-order chi connectivity index (χ0) is 28.3. The Morgan fingerprint density at radius 1 is 1.03 bits per heavy atom. The molecule has 0 fully saturated rings. The minimum absolute atomic E-state index is 0.0529. The van der Waals surface area contributed by atoms with E-state index in [0.717, 1.165) is 21.9 Å². The summed E-state index contributed by atoms with van der Waals surface area (Å²) in [4.78, 5) is 34.0. The average Bonchev–Trinajstić information content (AvgIpc) is 3.35. The first-order valence-corrected chi connectivity index (χ1v) is 11.9. The van der Waals surface area contributed by atoms with Gasteiger partial charge in [-0.25, -0.2) is 14.7 Å². The number of hydrogen-bond donors (Lipinski definition) is 1. The standard InChI is InChI=1S/C28H26F3N5O3/c1-4-33(2)23-12-10-19(28(29,30)31)14-24(23)36(20-8-6-5-7-9-20)27(39)35(18-37)21-11-13-26(38)22(15-21)25-16-32-17-34(25)3/h5-18,38H,4H2,1-3H3. The average molecular weight is 538 g/mol. The van der Waals surface area contributed by atoms with Crippen molar-refractivity contribution in [3.8, 4) is 17.0 Å². The number of aryl methyl sites for hydroxylation is 1. The largest absolute Gasteiger partial charge is 0.507 e. The maximum Gasteiger partial charge on any atom is 0.416 e. The van der Waals surface area contributed by atoms with Gasteiger partial charge in [-0.1, -0.05) is 18.2 Å². The van der Waals surface area contributed by atoms with Crippen LogP contribution in [0.3, 0.4) is 0 Å². The van der Waals surface area contributed by atoms with E-state index in [1.54, 1.807) is 53.9 Å². The lowest BCUT2D eigenvalue weighted by Gasteiger charge is -2.32. The van der Waals surface area contributed by atoms with Crippen molar-refractivity contribution >= 4 is 35.2 Å². The van der Waals surface area contributed by atoms with Crippen molar-refractivity contribution in [1.29, 1.82) is 0 Å². The Kier molecular flexibility index (Phi) is 7.61. The highest BCUT2D eigenvalue weighted by atomic mass is 19.4. The van der Waals surface area contributed by atoms with Gasteiger partial charge in [0.1, 0.15) is 5.75 Å². The molecular weight excluding hydrogens is 511 g/mol. The van der Waals surface area contributed by atoms with Crippen molar-refractivity contribution in [3.63, 3.8) is 0 Å². The lowest BCUT2D eigenvalue weighted by atomic mass is 10.1. The molecule has 0 aliphatic carbocycles. The van der Waals surface area contributed by atoms with Crippen LogP contribution in [0, 0.1) is 0 Å². The highest BCUT2D eigenvalue weighted by Crippen LogP contribution is 2.41. The molecule has 11 heteroatoms. The van der Waals surface area contributed by atoms with Crippen molar-refractivity contribution in [2.45, 2.75) is 13.1 Å². The number of benzene rings is 3. The van der Waals surface area contributed by atoms with Crippen LogP contribution >= 0.6 is 0 Å². The number of carbonyl (C=O) groups is 2. The maximum atomic E-state index is 14.1. The third-order valence-corrected chi connectivity index (χ3v) is 6.30. The van der Waals surface area contributed by atoms with Crippen molar-refractivity contribution in [2.24, 2.45) is 7.05 Å². The second kappa shape index (κ2) is 10.9. The number of alkyl halides is 3. The van der Waals surface area contributed by atoms with E-state index in [2.05, 4.69) is 4.98 Å². The molecule has 0 atom stereocenters. The van der Waals surface area contributed by atoms with E-state index in [4.69, 9.17) is 0 Å². The summed E-state index contributed by atoms with van der Waals surface area (Å²) in [6.45, 7) is 2.27. The van der Waals surface area contributed by atoms with Crippen LogP contribution in [0.4, 0.5) is 40.7 Å². The predicted octanol–water partition coefficient (Wildman–Crippen LogP) is 6.19. The smallest absolute Gasteiger partial charge is 0.416 e. The first-order chi connectivity index (χ1) is 18.6. The molecule has 4 rings (SSSR count). The predicted molar refractivity (Wildman–Crippen MR) is 143 cm³/mol. The number of amides is 3. The van der Waals surface area contributed by atoms with Crippen LogP contribution in [0.15, 0.2) is 79.3 Å². The summed E-state index contributed by atoms with van der Waals surface area (Å²) < 4.78 is 43.0. The van der Waals surface area contributed by atoms with E-state index < -0.39 is 17.8 Å². The Bertz CT molecular complexity index is 1490. The highest BCUT2D eigenvalue weighted by molar-refractivity contribution is 6.17. The van der Waals surface area contributed by atoms with Crippen LogP contribution in [0.5, 0.6) is 5.75 Å². The van der Waals surface area contributed by atoms with Gasteiger partial charge in [-0.05, 0) is 55.5 Å². The quantitative estimate of drug-likeness (QED) is 0.285. The van der Waals surface area contributed by atoms with E-state index in [1.807, 2.05) is 6.92 Å². The summed E-state index contributed by atoms with van der Waals surface area (Å²) in [6.07, 6.45) is -1.34. The minimum Gasteiger partial charge on any atom is -0.507 e. The molecule has 0 unspecified atom stereocenters. The van der Waals surface area contributed by atoms with Crippen molar-refractivity contribution in [3.05, 3.63) is 84.8 Å². The van der Waals surface area contributed by atoms with Gasteiger partial charge in [-0.3, -0.25) is 9.69 Å². The summed E-state index contributed by atoms with van der Waals surface area (Å²) in [5.41, 5.74) is 0.548. The number of aromatic hydroxyl groups is 1. The van der Waals surface area contributed by atoms with Gasteiger partial charge < -0.3 is 14.6 Å². The lowest BCUT2D eigenvalue weighted by Crippen LogP contribution is -2.41. The summed E-state index contributed by atoms with van der Waals surface area (Å²) in [6, 6.07) is 14.5. The minimum atomic E-state index is -4.66. The topological polar surface area (TPSA) is 81.9 Å². The van der Waals surface area contributed by atoms with E-state index >= 15 is 0 Å². The summed E-state index contributed by atoms with van der Waals surface area (Å²) in [5, 5.41) is 10.5. The molecule has 0 aliphatic heterocycles. The summed E-state index contributed by atoms with van der Waals surface area (Å²) >= 11 is 0. The van der Waals surface area contributed by atoms with Gasteiger partial charge in [0.25, 0.3) is 0 Å². The molecule has 1 N–H and O–H groups in total. The van der Waals surface area contributed by atoms with Gasteiger partial charge in [0.15, 0.2) is 0 Å². The molecule has 0 saturated carbocycles. The van der Waals surface area contributed by atoms with Crippen LogP contribution in [0.2, 0.25) is 0 Å². The van der Waals surface area contributed by atoms with Gasteiger partial charge in [-0.15, -0.1) is 0 Å². The fourth-order valence-corrected chi connectivity index (χ4v) is 4.12. The fraction of sp³-hybridized carbons (Fsp3) is 0.179. The van der Waals surface area contributed by atoms with Gasteiger partial charge in [0, 0.05) is 26.2 Å². The van der Waals surface area contributed by atoms with Gasteiger partial charge in [0.2, 0.25) is 6.41 Å². The fourth-order valence-electron chi connectivity index (χ4n) is 4.12. The molecule has 39 heavy (non-hydrogen) atoms.